The van der Waals surface area contributed by atoms with Crippen molar-refractivity contribution < 1.29 is 14.6 Å². The second-order valence-electron chi connectivity index (χ2n) is 1.89. The molecule has 0 unspecified atom stereocenters. The van der Waals surface area contributed by atoms with Gasteiger partial charge in [0.05, 0.1) is 6.61 Å². The lowest BCUT2D eigenvalue weighted by molar-refractivity contribution is -0.152. The van der Waals surface area contributed by atoms with Gasteiger partial charge in [0.15, 0.2) is 0 Å². The van der Waals surface area contributed by atoms with Gasteiger partial charge in [0.2, 0.25) is 0 Å². The number of aliphatic hydroxyl groups is 1. The molecule has 0 amide bonds. The highest BCUT2D eigenvalue weighted by molar-refractivity contribution is 6.17. The van der Waals surface area contributed by atoms with E-state index >= 15 is 0 Å². The van der Waals surface area contributed by atoms with Crippen molar-refractivity contribution in [3.05, 3.63) is 0 Å². The standard InChI is InChI=1S/C6H11ClO3/c1-5(8)6(9)10-4-2-3-7/h5,8H,2-4H2,1H3/t5-/m1/s1. The molecule has 0 aromatic carbocycles. The Labute approximate surface area is 64.9 Å². The number of aliphatic hydroxyl groups excluding tert-OH is 1. The molecule has 0 saturated carbocycles. The van der Waals surface area contributed by atoms with Crippen LogP contribution in [0.15, 0.2) is 0 Å². The summed E-state index contributed by atoms with van der Waals surface area (Å²) in [5, 5.41) is 8.61. The monoisotopic (exact) mass is 166 g/mol. The van der Waals surface area contributed by atoms with Crippen LogP contribution in [-0.2, 0) is 9.53 Å². The number of rotatable bonds is 4. The summed E-state index contributed by atoms with van der Waals surface area (Å²) in [5.41, 5.74) is 0. The first kappa shape index (κ1) is 9.72. The van der Waals surface area contributed by atoms with Gasteiger partial charge in [-0.3, -0.25) is 0 Å². The Morgan fingerprint density at radius 3 is 2.80 bits per heavy atom. The Balaban J connectivity index is 3.22. The van der Waals surface area contributed by atoms with Crippen LogP contribution in [-0.4, -0.2) is 29.7 Å². The smallest absolute Gasteiger partial charge is 0.334 e. The summed E-state index contributed by atoms with van der Waals surface area (Å²) < 4.78 is 4.57. The fourth-order valence-corrected chi connectivity index (χ4v) is 0.457. The Morgan fingerprint density at radius 2 is 2.40 bits per heavy atom. The molecule has 0 radical (unpaired) electrons. The number of hydrogen-bond acceptors (Lipinski definition) is 3. The Morgan fingerprint density at radius 1 is 1.80 bits per heavy atom. The fourth-order valence-electron chi connectivity index (χ4n) is 0.348. The van der Waals surface area contributed by atoms with Gasteiger partial charge < -0.3 is 9.84 Å². The van der Waals surface area contributed by atoms with Gasteiger partial charge in [0, 0.05) is 5.88 Å². The van der Waals surface area contributed by atoms with Crippen LogP contribution in [0.25, 0.3) is 0 Å². The van der Waals surface area contributed by atoms with Crippen molar-refractivity contribution in [3.8, 4) is 0 Å². The van der Waals surface area contributed by atoms with Crippen LogP contribution in [0.3, 0.4) is 0 Å². The number of carbonyl (C=O) groups excluding carboxylic acids is 1. The minimum absolute atomic E-state index is 0.285. The molecule has 0 aliphatic carbocycles. The number of hydrogen-bond donors (Lipinski definition) is 1. The number of alkyl halides is 1. The van der Waals surface area contributed by atoms with Crippen LogP contribution in [0, 0.1) is 0 Å². The Hall–Kier alpha value is -0.280. The van der Waals surface area contributed by atoms with Crippen LogP contribution >= 0.6 is 11.6 Å². The third-order valence-corrected chi connectivity index (χ3v) is 1.13. The van der Waals surface area contributed by atoms with Gasteiger partial charge in [-0.15, -0.1) is 11.6 Å². The maximum atomic E-state index is 10.5. The molecule has 0 spiro atoms. The quantitative estimate of drug-likeness (QED) is 0.377. The van der Waals surface area contributed by atoms with E-state index in [1.807, 2.05) is 0 Å². The molecule has 4 heteroatoms. The maximum Gasteiger partial charge on any atom is 0.334 e. The van der Waals surface area contributed by atoms with E-state index in [0.29, 0.717) is 12.3 Å². The molecule has 0 saturated heterocycles. The van der Waals surface area contributed by atoms with E-state index in [-0.39, 0.29) is 6.61 Å². The molecule has 1 atom stereocenters. The predicted molar refractivity (Wildman–Crippen MR) is 38.0 cm³/mol. The van der Waals surface area contributed by atoms with Gasteiger partial charge in [-0.25, -0.2) is 4.79 Å². The summed E-state index contributed by atoms with van der Waals surface area (Å²) >= 11 is 5.31. The zero-order chi connectivity index (χ0) is 7.98. The van der Waals surface area contributed by atoms with Crippen molar-refractivity contribution in [1.82, 2.24) is 0 Å². The number of ether oxygens (including phenoxy) is 1. The average molecular weight is 167 g/mol. The zero-order valence-corrected chi connectivity index (χ0v) is 6.60. The van der Waals surface area contributed by atoms with Gasteiger partial charge >= 0.3 is 5.97 Å². The highest BCUT2D eigenvalue weighted by Crippen LogP contribution is 1.90. The van der Waals surface area contributed by atoms with Crippen molar-refractivity contribution in [2.75, 3.05) is 12.5 Å². The molecular formula is C6H11ClO3. The molecule has 60 valence electrons. The zero-order valence-electron chi connectivity index (χ0n) is 5.84. The molecular weight excluding hydrogens is 156 g/mol. The first-order valence-corrected chi connectivity index (χ1v) is 3.62. The summed E-state index contributed by atoms with van der Waals surface area (Å²) in [6.07, 6.45) is -0.407. The van der Waals surface area contributed by atoms with Crippen molar-refractivity contribution in [2.45, 2.75) is 19.4 Å². The van der Waals surface area contributed by atoms with Crippen LogP contribution in [0.5, 0.6) is 0 Å². The summed E-state index contributed by atoms with van der Waals surface area (Å²) in [6, 6.07) is 0. The summed E-state index contributed by atoms with van der Waals surface area (Å²) in [6.45, 7) is 1.65. The molecule has 3 nitrogen and oxygen atoms in total. The number of esters is 1. The maximum absolute atomic E-state index is 10.5. The minimum atomic E-state index is -1.03. The van der Waals surface area contributed by atoms with Crippen molar-refractivity contribution in [3.63, 3.8) is 0 Å². The molecule has 0 aromatic rings. The molecule has 10 heavy (non-hydrogen) atoms. The summed E-state index contributed by atoms with van der Waals surface area (Å²) in [5.74, 6) is -0.127. The van der Waals surface area contributed by atoms with E-state index in [2.05, 4.69) is 4.74 Å². The summed E-state index contributed by atoms with van der Waals surface area (Å²) in [7, 11) is 0. The van der Waals surface area contributed by atoms with Crippen molar-refractivity contribution >= 4 is 17.6 Å². The molecule has 0 heterocycles. The lowest BCUT2D eigenvalue weighted by atomic mass is 10.4. The largest absolute Gasteiger partial charge is 0.464 e. The van der Waals surface area contributed by atoms with Crippen LogP contribution < -0.4 is 0 Å². The minimum Gasteiger partial charge on any atom is -0.464 e. The van der Waals surface area contributed by atoms with E-state index in [0.717, 1.165) is 0 Å². The molecule has 0 aromatic heterocycles. The van der Waals surface area contributed by atoms with Gasteiger partial charge in [-0.1, -0.05) is 0 Å². The van der Waals surface area contributed by atoms with E-state index in [4.69, 9.17) is 16.7 Å². The topological polar surface area (TPSA) is 46.5 Å². The van der Waals surface area contributed by atoms with Gasteiger partial charge in [0.25, 0.3) is 0 Å². The predicted octanol–water partition coefficient (Wildman–Crippen LogP) is 0.539. The first-order chi connectivity index (χ1) is 4.68. The van der Waals surface area contributed by atoms with E-state index in [1.54, 1.807) is 0 Å². The van der Waals surface area contributed by atoms with Gasteiger partial charge in [-0.2, -0.15) is 0 Å². The van der Waals surface area contributed by atoms with Crippen LogP contribution in [0.1, 0.15) is 13.3 Å². The van der Waals surface area contributed by atoms with Crippen LogP contribution in [0.4, 0.5) is 0 Å². The van der Waals surface area contributed by atoms with E-state index < -0.39 is 12.1 Å². The van der Waals surface area contributed by atoms with Gasteiger partial charge in [-0.05, 0) is 13.3 Å². The fraction of sp³-hybridized carbons (Fsp3) is 0.833. The van der Waals surface area contributed by atoms with Crippen molar-refractivity contribution in [2.24, 2.45) is 0 Å². The lowest BCUT2D eigenvalue weighted by Gasteiger charge is -2.03. The highest BCUT2D eigenvalue weighted by atomic mass is 35.5. The first-order valence-electron chi connectivity index (χ1n) is 3.09. The Bertz CT molecular complexity index is 103. The van der Waals surface area contributed by atoms with E-state index in [1.165, 1.54) is 6.92 Å². The summed E-state index contributed by atoms with van der Waals surface area (Å²) in [4.78, 5) is 10.5. The second-order valence-corrected chi connectivity index (χ2v) is 2.26. The molecule has 1 N–H and O–H groups in total. The molecule has 0 aliphatic rings. The molecule has 0 rings (SSSR count). The molecule has 0 fully saturated rings. The number of halogens is 1. The van der Waals surface area contributed by atoms with Crippen molar-refractivity contribution in [1.29, 1.82) is 0 Å². The lowest BCUT2D eigenvalue weighted by Crippen LogP contribution is -2.19. The normalized spacial score (nSPS) is 12.7. The second kappa shape index (κ2) is 5.50. The third kappa shape index (κ3) is 4.58. The Kier molecular flexibility index (Phi) is 5.35. The average Bonchev–Trinajstić information content (AvgIpc) is 1.88. The molecule has 0 aliphatic heterocycles. The van der Waals surface area contributed by atoms with E-state index in [9.17, 15) is 4.79 Å². The van der Waals surface area contributed by atoms with Gasteiger partial charge in [0.1, 0.15) is 6.10 Å². The number of carbonyl (C=O) groups is 1. The highest BCUT2D eigenvalue weighted by Gasteiger charge is 2.08. The molecule has 0 bridgehead atoms. The van der Waals surface area contributed by atoms with Crippen LogP contribution in [0.2, 0.25) is 0 Å². The SMILES string of the molecule is C[C@@H](O)C(=O)OCCCCl. The third-order valence-electron chi connectivity index (χ3n) is 0.863.